The van der Waals surface area contributed by atoms with Crippen LogP contribution in [0.15, 0.2) is 0 Å². The first-order chi connectivity index (χ1) is 8.33. The number of aliphatic hydroxyl groups is 1. The van der Waals surface area contributed by atoms with E-state index in [-0.39, 0.29) is 11.6 Å². The van der Waals surface area contributed by atoms with Crippen LogP contribution in [0.25, 0.3) is 0 Å². The SMILES string of the molecule is CCC1CCC(O)(CNC(C)C(C)(C)OC)CC1. The summed E-state index contributed by atoms with van der Waals surface area (Å²) in [4.78, 5) is 0. The number of nitrogens with one attached hydrogen (secondary N) is 1. The molecule has 1 atom stereocenters. The Bertz CT molecular complexity index is 245. The molecule has 0 radical (unpaired) electrons. The fourth-order valence-corrected chi connectivity index (χ4v) is 2.57. The molecule has 1 aliphatic rings. The van der Waals surface area contributed by atoms with E-state index in [4.69, 9.17) is 4.74 Å². The first-order valence-corrected chi connectivity index (χ1v) is 7.34. The second-order valence-electron chi connectivity index (χ2n) is 6.49. The van der Waals surface area contributed by atoms with Gasteiger partial charge in [-0.3, -0.25) is 0 Å². The topological polar surface area (TPSA) is 41.5 Å². The number of ether oxygens (including phenoxy) is 1. The molecule has 108 valence electrons. The van der Waals surface area contributed by atoms with Gasteiger partial charge in [0.2, 0.25) is 0 Å². The molecule has 0 aliphatic heterocycles. The molecule has 0 spiro atoms. The van der Waals surface area contributed by atoms with Crippen LogP contribution in [0.3, 0.4) is 0 Å². The molecule has 3 nitrogen and oxygen atoms in total. The van der Waals surface area contributed by atoms with Gasteiger partial charge in [-0.05, 0) is 52.4 Å². The normalized spacial score (nSPS) is 31.3. The third-order valence-corrected chi connectivity index (χ3v) is 4.92. The molecule has 0 amide bonds. The third-order valence-electron chi connectivity index (χ3n) is 4.92. The lowest BCUT2D eigenvalue weighted by atomic mass is 9.77. The van der Waals surface area contributed by atoms with Crippen LogP contribution >= 0.6 is 0 Å². The van der Waals surface area contributed by atoms with Gasteiger partial charge in [0, 0.05) is 19.7 Å². The fraction of sp³-hybridized carbons (Fsp3) is 1.00. The molecule has 0 aromatic rings. The lowest BCUT2D eigenvalue weighted by Gasteiger charge is -2.39. The van der Waals surface area contributed by atoms with Crippen molar-refractivity contribution in [2.24, 2.45) is 5.92 Å². The zero-order valence-corrected chi connectivity index (χ0v) is 12.8. The van der Waals surface area contributed by atoms with Crippen molar-refractivity contribution < 1.29 is 9.84 Å². The van der Waals surface area contributed by atoms with Crippen LogP contribution < -0.4 is 5.32 Å². The monoisotopic (exact) mass is 257 g/mol. The van der Waals surface area contributed by atoms with Crippen molar-refractivity contribution in [3.8, 4) is 0 Å². The van der Waals surface area contributed by atoms with Gasteiger partial charge in [-0.1, -0.05) is 13.3 Å². The summed E-state index contributed by atoms with van der Waals surface area (Å²) in [7, 11) is 1.74. The van der Waals surface area contributed by atoms with Crippen LogP contribution in [0.4, 0.5) is 0 Å². The van der Waals surface area contributed by atoms with Gasteiger partial charge in [-0.2, -0.15) is 0 Å². The molecule has 1 saturated carbocycles. The van der Waals surface area contributed by atoms with E-state index in [0.29, 0.717) is 6.54 Å². The molecule has 0 bridgehead atoms. The van der Waals surface area contributed by atoms with E-state index < -0.39 is 5.60 Å². The summed E-state index contributed by atoms with van der Waals surface area (Å²) in [6, 6.07) is 0.232. The Balaban J connectivity index is 2.39. The Morgan fingerprint density at radius 2 is 1.94 bits per heavy atom. The summed E-state index contributed by atoms with van der Waals surface area (Å²) >= 11 is 0. The number of rotatable bonds is 6. The minimum atomic E-state index is -0.510. The van der Waals surface area contributed by atoms with E-state index in [0.717, 1.165) is 31.6 Å². The molecule has 0 aromatic carbocycles. The van der Waals surface area contributed by atoms with Gasteiger partial charge >= 0.3 is 0 Å². The molecule has 1 fully saturated rings. The highest BCUT2D eigenvalue weighted by molar-refractivity contribution is 4.90. The van der Waals surface area contributed by atoms with Crippen molar-refractivity contribution in [2.45, 2.75) is 77.0 Å². The minimum absolute atomic E-state index is 0.197. The van der Waals surface area contributed by atoms with E-state index in [9.17, 15) is 5.11 Å². The van der Waals surface area contributed by atoms with Gasteiger partial charge in [0.05, 0.1) is 11.2 Å². The molecule has 0 aromatic heterocycles. The summed E-state index contributed by atoms with van der Waals surface area (Å²) in [6.45, 7) is 9.18. The van der Waals surface area contributed by atoms with Gasteiger partial charge in [-0.25, -0.2) is 0 Å². The van der Waals surface area contributed by atoms with Crippen molar-refractivity contribution in [3.63, 3.8) is 0 Å². The molecule has 2 N–H and O–H groups in total. The highest BCUT2D eigenvalue weighted by Crippen LogP contribution is 2.33. The first kappa shape index (κ1) is 15.9. The maximum atomic E-state index is 10.6. The lowest BCUT2D eigenvalue weighted by Crippen LogP contribution is -2.52. The average Bonchev–Trinajstić information content (AvgIpc) is 2.37. The average molecular weight is 257 g/mol. The quantitative estimate of drug-likeness (QED) is 0.769. The number of methoxy groups -OCH3 is 1. The second-order valence-corrected chi connectivity index (χ2v) is 6.49. The van der Waals surface area contributed by atoms with E-state index in [1.165, 1.54) is 6.42 Å². The van der Waals surface area contributed by atoms with E-state index in [1.54, 1.807) is 7.11 Å². The molecule has 0 heterocycles. The Morgan fingerprint density at radius 3 is 2.39 bits per heavy atom. The summed E-state index contributed by atoms with van der Waals surface area (Å²) in [5.41, 5.74) is -0.708. The van der Waals surface area contributed by atoms with Gasteiger partial charge in [0.15, 0.2) is 0 Å². The van der Waals surface area contributed by atoms with Crippen molar-refractivity contribution in [3.05, 3.63) is 0 Å². The summed E-state index contributed by atoms with van der Waals surface area (Å²) in [6.07, 6.45) is 5.43. The van der Waals surface area contributed by atoms with Gasteiger partial charge in [0.25, 0.3) is 0 Å². The van der Waals surface area contributed by atoms with Crippen molar-refractivity contribution in [1.82, 2.24) is 5.32 Å². The number of hydrogen-bond donors (Lipinski definition) is 2. The van der Waals surface area contributed by atoms with Crippen molar-refractivity contribution >= 4 is 0 Å². The maximum Gasteiger partial charge on any atom is 0.0772 e. The zero-order chi connectivity index (χ0) is 13.8. The smallest absolute Gasteiger partial charge is 0.0772 e. The molecular weight excluding hydrogens is 226 g/mol. The summed E-state index contributed by atoms with van der Waals surface area (Å²) < 4.78 is 5.46. The molecule has 3 heteroatoms. The third kappa shape index (κ3) is 4.22. The summed E-state index contributed by atoms with van der Waals surface area (Å²) in [5, 5.41) is 14.0. The Kier molecular flexibility index (Phi) is 5.63. The molecule has 1 aliphatic carbocycles. The Hall–Kier alpha value is -0.120. The van der Waals surface area contributed by atoms with Crippen LogP contribution in [-0.4, -0.2) is 36.0 Å². The molecular formula is C15H31NO2. The van der Waals surface area contributed by atoms with E-state index in [2.05, 4.69) is 33.0 Å². The predicted octanol–water partition coefficient (Wildman–Crippen LogP) is 2.72. The number of hydrogen-bond acceptors (Lipinski definition) is 3. The molecule has 0 saturated heterocycles. The Morgan fingerprint density at radius 1 is 1.39 bits per heavy atom. The highest BCUT2D eigenvalue weighted by Gasteiger charge is 2.34. The molecule has 1 unspecified atom stereocenters. The highest BCUT2D eigenvalue weighted by atomic mass is 16.5. The second kappa shape index (κ2) is 6.36. The van der Waals surface area contributed by atoms with Crippen LogP contribution in [0.1, 0.15) is 59.8 Å². The Labute approximate surface area is 112 Å². The van der Waals surface area contributed by atoms with Crippen LogP contribution in [-0.2, 0) is 4.74 Å². The van der Waals surface area contributed by atoms with Gasteiger partial charge in [0.1, 0.15) is 0 Å². The van der Waals surface area contributed by atoms with Crippen molar-refractivity contribution in [2.75, 3.05) is 13.7 Å². The predicted molar refractivity (Wildman–Crippen MR) is 75.8 cm³/mol. The summed E-state index contributed by atoms with van der Waals surface area (Å²) in [5.74, 6) is 0.818. The van der Waals surface area contributed by atoms with Crippen LogP contribution in [0.5, 0.6) is 0 Å². The van der Waals surface area contributed by atoms with Crippen LogP contribution in [0.2, 0.25) is 0 Å². The molecule has 18 heavy (non-hydrogen) atoms. The largest absolute Gasteiger partial charge is 0.389 e. The molecule has 1 rings (SSSR count). The van der Waals surface area contributed by atoms with E-state index >= 15 is 0 Å². The standard InChI is InChI=1S/C15H31NO2/c1-6-13-7-9-15(17,10-8-13)11-16-12(2)14(3,4)18-5/h12-13,16-17H,6-11H2,1-5H3. The minimum Gasteiger partial charge on any atom is -0.389 e. The van der Waals surface area contributed by atoms with Gasteiger partial charge < -0.3 is 15.2 Å². The van der Waals surface area contributed by atoms with Crippen molar-refractivity contribution in [1.29, 1.82) is 0 Å². The zero-order valence-electron chi connectivity index (χ0n) is 12.8. The first-order valence-electron chi connectivity index (χ1n) is 7.34. The van der Waals surface area contributed by atoms with Crippen LogP contribution in [0, 0.1) is 5.92 Å². The fourth-order valence-electron chi connectivity index (χ4n) is 2.57. The lowest BCUT2D eigenvalue weighted by molar-refractivity contribution is -0.0337. The van der Waals surface area contributed by atoms with E-state index in [1.807, 2.05) is 0 Å². The van der Waals surface area contributed by atoms with Gasteiger partial charge in [-0.15, -0.1) is 0 Å². The maximum absolute atomic E-state index is 10.6.